The number of hydrogen-bond donors (Lipinski definition) is 1. The van der Waals surface area contributed by atoms with E-state index in [1.54, 1.807) is 4.90 Å². The van der Waals surface area contributed by atoms with Crippen LogP contribution in [-0.4, -0.2) is 38.8 Å². The third kappa shape index (κ3) is 3.58. The molecule has 1 aromatic heterocycles. The molecule has 1 fully saturated rings. The molecule has 0 saturated carbocycles. The maximum absolute atomic E-state index is 12.9. The zero-order valence-corrected chi connectivity index (χ0v) is 15.2. The Morgan fingerprint density at radius 1 is 1.28 bits per heavy atom. The molecule has 1 N–H and O–H groups in total. The lowest BCUT2D eigenvalue weighted by atomic mass is 9.86. The summed E-state index contributed by atoms with van der Waals surface area (Å²) in [5, 5.41) is 18.1. The van der Waals surface area contributed by atoms with Crippen LogP contribution in [0.5, 0.6) is 0 Å². The van der Waals surface area contributed by atoms with Gasteiger partial charge in [-0.2, -0.15) is 0 Å². The minimum atomic E-state index is -0.584. The van der Waals surface area contributed by atoms with Gasteiger partial charge >= 0.3 is 0 Å². The number of aryl methyl sites for hydroxylation is 1. The quantitative estimate of drug-likeness (QED) is 0.927. The number of nitrogens with zero attached hydrogens (tertiary/aromatic N) is 3. The van der Waals surface area contributed by atoms with Crippen molar-refractivity contribution in [2.45, 2.75) is 58.1 Å². The minimum Gasteiger partial charge on any atom is -0.423 e. The fourth-order valence-electron chi connectivity index (χ4n) is 3.10. The number of aliphatic hydroxyl groups is 1. The highest BCUT2D eigenvalue weighted by atomic mass is 16.4. The first kappa shape index (κ1) is 17.6. The highest BCUT2D eigenvalue weighted by molar-refractivity contribution is 5.94. The van der Waals surface area contributed by atoms with Crippen molar-refractivity contribution in [2.24, 2.45) is 0 Å². The number of hydrogen-bond acceptors (Lipinski definition) is 5. The van der Waals surface area contributed by atoms with Crippen LogP contribution in [0.1, 0.15) is 67.9 Å². The number of carbonyl (C=O) groups is 1. The summed E-state index contributed by atoms with van der Waals surface area (Å²) >= 11 is 0. The fraction of sp³-hybridized carbons (Fsp3) is 0.526. The number of aliphatic hydroxyl groups excluding tert-OH is 1. The van der Waals surface area contributed by atoms with Gasteiger partial charge in [-0.05, 0) is 23.1 Å². The molecule has 1 amide bonds. The molecule has 1 aromatic carbocycles. The summed E-state index contributed by atoms with van der Waals surface area (Å²) in [7, 11) is 0. The molecule has 0 radical (unpaired) electrons. The molecule has 6 nitrogen and oxygen atoms in total. The summed E-state index contributed by atoms with van der Waals surface area (Å²) in [5.74, 6) is 0.810. The van der Waals surface area contributed by atoms with Crippen molar-refractivity contribution in [2.75, 3.05) is 6.54 Å². The predicted molar refractivity (Wildman–Crippen MR) is 93.2 cm³/mol. The van der Waals surface area contributed by atoms with E-state index in [1.807, 2.05) is 31.2 Å². The summed E-state index contributed by atoms with van der Waals surface area (Å²) in [5.41, 5.74) is 1.81. The first-order valence-corrected chi connectivity index (χ1v) is 8.71. The highest BCUT2D eigenvalue weighted by Crippen LogP contribution is 2.33. The molecular weight excluding hydrogens is 318 g/mol. The first-order valence-electron chi connectivity index (χ1n) is 8.71. The normalized spacial score (nSPS) is 20.9. The molecule has 25 heavy (non-hydrogen) atoms. The molecule has 0 spiro atoms. The van der Waals surface area contributed by atoms with E-state index in [9.17, 15) is 9.90 Å². The van der Waals surface area contributed by atoms with E-state index in [2.05, 4.69) is 31.0 Å². The van der Waals surface area contributed by atoms with Gasteiger partial charge < -0.3 is 14.4 Å². The summed E-state index contributed by atoms with van der Waals surface area (Å²) in [6.07, 6.45) is 0.474. The van der Waals surface area contributed by atoms with Crippen molar-refractivity contribution < 1.29 is 14.3 Å². The van der Waals surface area contributed by atoms with Crippen LogP contribution < -0.4 is 0 Å². The van der Waals surface area contributed by atoms with E-state index in [4.69, 9.17) is 4.42 Å². The Hall–Kier alpha value is -2.21. The smallest absolute Gasteiger partial charge is 0.254 e. The zero-order valence-electron chi connectivity index (χ0n) is 15.2. The Balaban J connectivity index is 1.84. The topological polar surface area (TPSA) is 79.5 Å². The van der Waals surface area contributed by atoms with Crippen molar-refractivity contribution in [1.29, 1.82) is 0 Å². The number of likely N-dealkylation sites (tertiary alicyclic amines) is 1. The molecule has 2 heterocycles. The van der Waals surface area contributed by atoms with Crippen molar-refractivity contribution in [1.82, 2.24) is 15.1 Å². The standard InChI is InChI=1S/C19H25N3O3/c1-5-16-20-21-17(25-16)15-10-14(23)11-22(15)18(24)12-6-8-13(9-7-12)19(2,3)4/h6-9,14-15,23H,5,10-11H2,1-4H3/t14-,15-/m1/s1. The average Bonchev–Trinajstić information content (AvgIpc) is 3.19. The van der Waals surface area contributed by atoms with Crippen molar-refractivity contribution in [3.8, 4) is 0 Å². The van der Waals surface area contributed by atoms with E-state index < -0.39 is 6.10 Å². The van der Waals surface area contributed by atoms with Crippen LogP contribution in [0.25, 0.3) is 0 Å². The highest BCUT2D eigenvalue weighted by Gasteiger charge is 2.39. The van der Waals surface area contributed by atoms with Gasteiger partial charge in [0, 0.05) is 24.9 Å². The van der Waals surface area contributed by atoms with Crippen LogP contribution in [0.3, 0.4) is 0 Å². The van der Waals surface area contributed by atoms with E-state index in [1.165, 1.54) is 5.56 Å². The van der Waals surface area contributed by atoms with E-state index in [0.717, 1.165) is 0 Å². The van der Waals surface area contributed by atoms with E-state index in [0.29, 0.717) is 30.2 Å². The average molecular weight is 343 g/mol. The Morgan fingerprint density at radius 3 is 2.52 bits per heavy atom. The lowest BCUT2D eigenvalue weighted by Gasteiger charge is -2.23. The second-order valence-electron chi connectivity index (χ2n) is 7.58. The summed E-state index contributed by atoms with van der Waals surface area (Å²) in [6, 6.07) is 7.27. The number of carbonyl (C=O) groups excluding carboxylic acids is 1. The number of rotatable bonds is 3. The molecule has 1 aliphatic heterocycles. The number of amides is 1. The fourth-order valence-corrected chi connectivity index (χ4v) is 3.10. The molecule has 3 rings (SSSR count). The van der Waals surface area contributed by atoms with Gasteiger partial charge in [0.1, 0.15) is 6.04 Å². The largest absolute Gasteiger partial charge is 0.423 e. The lowest BCUT2D eigenvalue weighted by Crippen LogP contribution is -2.32. The lowest BCUT2D eigenvalue weighted by molar-refractivity contribution is 0.0697. The molecular formula is C19H25N3O3. The Kier molecular flexibility index (Phi) is 4.64. The van der Waals surface area contributed by atoms with Gasteiger partial charge in [0.25, 0.3) is 5.91 Å². The van der Waals surface area contributed by atoms with Gasteiger partial charge in [-0.25, -0.2) is 0 Å². The summed E-state index contributed by atoms with van der Waals surface area (Å²) in [4.78, 5) is 14.6. The van der Waals surface area contributed by atoms with Gasteiger partial charge in [0.2, 0.25) is 11.8 Å². The first-order chi connectivity index (χ1) is 11.8. The third-order valence-corrected chi connectivity index (χ3v) is 4.61. The van der Waals surface area contributed by atoms with E-state index >= 15 is 0 Å². The second-order valence-corrected chi connectivity index (χ2v) is 7.58. The van der Waals surface area contributed by atoms with Crippen LogP contribution in [0.4, 0.5) is 0 Å². The summed E-state index contributed by atoms with van der Waals surface area (Å²) < 4.78 is 5.62. The van der Waals surface area contributed by atoms with Crippen LogP contribution in [-0.2, 0) is 11.8 Å². The minimum absolute atomic E-state index is 0.0360. The monoisotopic (exact) mass is 343 g/mol. The Morgan fingerprint density at radius 2 is 1.96 bits per heavy atom. The van der Waals surface area contributed by atoms with Crippen LogP contribution in [0.15, 0.2) is 28.7 Å². The molecule has 134 valence electrons. The number of benzene rings is 1. The van der Waals surface area contributed by atoms with Gasteiger partial charge in [0.05, 0.1) is 6.10 Å². The third-order valence-electron chi connectivity index (χ3n) is 4.61. The van der Waals surface area contributed by atoms with Crippen LogP contribution in [0, 0.1) is 0 Å². The molecule has 1 aliphatic rings. The predicted octanol–water partition coefficient (Wildman–Crippen LogP) is 2.88. The van der Waals surface area contributed by atoms with Crippen molar-refractivity contribution in [3.05, 3.63) is 47.2 Å². The maximum Gasteiger partial charge on any atom is 0.254 e. The second kappa shape index (κ2) is 6.59. The van der Waals surface area contributed by atoms with Gasteiger partial charge in [-0.15, -0.1) is 10.2 Å². The SMILES string of the molecule is CCc1nnc([C@H]2C[C@@H](O)CN2C(=O)c2ccc(C(C)(C)C)cc2)o1. The molecule has 2 aromatic rings. The van der Waals surface area contributed by atoms with Gasteiger partial charge in [0.15, 0.2) is 0 Å². The molecule has 1 saturated heterocycles. The molecule has 0 unspecified atom stereocenters. The Labute approximate surface area is 147 Å². The van der Waals surface area contributed by atoms with Crippen LogP contribution in [0.2, 0.25) is 0 Å². The molecule has 0 aliphatic carbocycles. The van der Waals surface area contributed by atoms with Gasteiger partial charge in [-0.3, -0.25) is 4.79 Å². The number of aromatic nitrogens is 2. The summed E-state index contributed by atoms with van der Waals surface area (Å²) in [6.45, 7) is 8.61. The molecule has 0 bridgehead atoms. The maximum atomic E-state index is 12.9. The molecule has 6 heteroatoms. The number of β-amino-alcohol motifs (C(OH)–C–C–N with tert-alkyl or cyclic N) is 1. The van der Waals surface area contributed by atoms with Crippen molar-refractivity contribution in [3.63, 3.8) is 0 Å². The zero-order chi connectivity index (χ0) is 18.2. The van der Waals surface area contributed by atoms with Gasteiger partial charge in [-0.1, -0.05) is 39.8 Å². The molecule has 2 atom stereocenters. The van der Waals surface area contributed by atoms with Crippen LogP contribution >= 0.6 is 0 Å². The van der Waals surface area contributed by atoms with Crippen molar-refractivity contribution >= 4 is 5.91 Å². The Bertz CT molecular complexity index is 746. The van der Waals surface area contributed by atoms with E-state index in [-0.39, 0.29) is 23.9 Å².